The van der Waals surface area contributed by atoms with Crippen molar-refractivity contribution >= 4 is 5.97 Å². The molecule has 0 aliphatic carbocycles. The number of hydrogen-bond acceptors (Lipinski definition) is 5. The van der Waals surface area contributed by atoms with Crippen LogP contribution in [-0.4, -0.2) is 21.3 Å². The Kier molecular flexibility index (Phi) is 3.76. The van der Waals surface area contributed by atoms with E-state index in [0.717, 1.165) is 17.7 Å². The summed E-state index contributed by atoms with van der Waals surface area (Å²) in [6.45, 7) is 3.47. The molecule has 3 N–H and O–H groups in total. The third-order valence-electron chi connectivity index (χ3n) is 3.12. The van der Waals surface area contributed by atoms with Gasteiger partial charge < -0.3 is 20.1 Å². The lowest BCUT2D eigenvalue weighted by Crippen LogP contribution is -2.25. The first-order valence-electron chi connectivity index (χ1n) is 6.35. The second kappa shape index (κ2) is 5.36. The van der Waals surface area contributed by atoms with E-state index in [1.165, 1.54) is 0 Å². The average Bonchev–Trinajstić information content (AvgIpc) is 2.44. The van der Waals surface area contributed by atoms with Gasteiger partial charge in [0.15, 0.2) is 17.2 Å². The molecule has 0 saturated carbocycles. The minimum absolute atomic E-state index is 0.0493. The van der Waals surface area contributed by atoms with Crippen LogP contribution in [0.1, 0.15) is 29.8 Å². The summed E-state index contributed by atoms with van der Waals surface area (Å²) in [5, 5.41) is 28.1. The Morgan fingerprint density at radius 3 is 2.05 bits per heavy atom. The fourth-order valence-corrected chi connectivity index (χ4v) is 1.91. The average molecular weight is 288 g/mol. The van der Waals surface area contributed by atoms with E-state index in [1.54, 1.807) is 13.8 Å². The van der Waals surface area contributed by atoms with Gasteiger partial charge in [-0.15, -0.1) is 0 Å². The van der Waals surface area contributed by atoms with Gasteiger partial charge in [-0.25, -0.2) is 4.79 Å². The first-order valence-corrected chi connectivity index (χ1v) is 6.35. The Labute approximate surface area is 122 Å². The van der Waals surface area contributed by atoms with E-state index in [9.17, 15) is 20.1 Å². The fraction of sp³-hybridized carbons (Fsp3) is 0.188. The van der Waals surface area contributed by atoms with Crippen LogP contribution in [-0.2, 0) is 10.3 Å². The number of aromatic hydroxyl groups is 3. The highest BCUT2D eigenvalue weighted by Crippen LogP contribution is 2.36. The van der Waals surface area contributed by atoms with Gasteiger partial charge in [0.25, 0.3) is 0 Å². The van der Waals surface area contributed by atoms with E-state index in [-0.39, 0.29) is 5.56 Å². The van der Waals surface area contributed by atoms with Crippen LogP contribution in [0.4, 0.5) is 0 Å². The molecule has 2 aromatic carbocycles. The van der Waals surface area contributed by atoms with Crippen LogP contribution >= 0.6 is 0 Å². The largest absolute Gasteiger partial charge is 0.504 e. The summed E-state index contributed by atoms with van der Waals surface area (Å²) in [7, 11) is 0. The lowest BCUT2D eigenvalue weighted by Gasteiger charge is -2.25. The third kappa shape index (κ3) is 3.08. The van der Waals surface area contributed by atoms with E-state index in [1.807, 2.05) is 30.3 Å². The number of carbonyl (C=O) groups is 1. The van der Waals surface area contributed by atoms with Crippen LogP contribution in [0, 0.1) is 0 Å². The Hall–Kier alpha value is -2.69. The second-order valence-corrected chi connectivity index (χ2v) is 5.13. The van der Waals surface area contributed by atoms with Crippen LogP contribution in [0.3, 0.4) is 0 Å². The molecule has 110 valence electrons. The monoisotopic (exact) mass is 288 g/mol. The van der Waals surface area contributed by atoms with Gasteiger partial charge in [0, 0.05) is 0 Å². The zero-order valence-electron chi connectivity index (χ0n) is 11.7. The summed E-state index contributed by atoms with van der Waals surface area (Å²) in [5.41, 5.74) is -0.112. The number of hydrogen-bond donors (Lipinski definition) is 3. The highest BCUT2D eigenvalue weighted by molar-refractivity contribution is 5.91. The van der Waals surface area contributed by atoms with Crippen molar-refractivity contribution in [3.63, 3.8) is 0 Å². The van der Waals surface area contributed by atoms with E-state index in [4.69, 9.17) is 4.74 Å². The van der Waals surface area contributed by atoms with Crippen molar-refractivity contribution in [2.75, 3.05) is 0 Å². The van der Waals surface area contributed by atoms with Crippen molar-refractivity contribution in [2.24, 2.45) is 0 Å². The Bertz CT molecular complexity index is 639. The zero-order valence-corrected chi connectivity index (χ0v) is 11.7. The predicted molar refractivity (Wildman–Crippen MR) is 76.3 cm³/mol. The molecule has 0 aliphatic heterocycles. The molecule has 0 radical (unpaired) electrons. The lowest BCUT2D eigenvalue weighted by atomic mass is 9.98. The van der Waals surface area contributed by atoms with Crippen molar-refractivity contribution in [1.29, 1.82) is 0 Å². The minimum Gasteiger partial charge on any atom is -0.504 e. The fourth-order valence-electron chi connectivity index (χ4n) is 1.91. The molecule has 0 amide bonds. The second-order valence-electron chi connectivity index (χ2n) is 5.13. The van der Waals surface area contributed by atoms with Gasteiger partial charge in [-0.05, 0) is 31.5 Å². The van der Waals surface area contributed by atoms with Crippen LogP contribution in [0.5, 0.6) is 17.2 Å². The summed E-state index contributed by atoms with van der Waals surface area (Å²) in [5.74, 6) is -2.55. The quantitative estimate of drug-likeness (QED) is 0.597. The van der Waals surface area contributed by atoms with Gasteiger partial charge in [0.05, 0.1) is 5.56 Å². The molecule has 2 rings (SSSR count). The summed E-state index contributed by atoms with van der Waals surface area (Å²) in [4.78, 5) is 12.1. The Balaban J connectivity index is 2.26. The van der Waals surface area contributed by atoms with Gasteiger partial charge >= 0.3 is 5.97 Å². The van der Waals surface area contributed by atoms with Crippen molar-refractivity contribution in [1.82, 2.24) is 0 Å². The van der Waals surface area contributed by atoms with Crippen LogP contribution in [0.25, 0.3) is 0 Å². The van der Waals surface area contributed by atoms with Crippen molar-refractivity contribution in [3.8, 4) is 17.2 Å². The molecular weight excluding hydrogens is 272 g/mol. The van der Waals surface area contributed by atoms with Gasteiger partial charge in [0.1, 0.15) is 5.60 Å². The normalized spacial score (nSPS) is 11.1. The standard InChI is InChI=1S/C16H16O5/c1-16(2,11-6-4-3-5-7-11)21-15(20)10-8-12(17)14(19)13(18)9-10/h3-9,17-19H,1-2H3. The number of esters is 1. The third-order valence-corrected chi connectivity index (χ3v) is 3.12. The van der Waals surface area contributed by atoms with Gasteiger partial charge in [-0.3, -0.25) is 0 Å². The predicted octanol–water partition coefficient (Wildman–Crippen LogP) is 2.90. The SMILES string of the molecule is CC(C)(OC(=O)c1cc(O)c(O)c(O)c1)c1ccccc1. The molecule has 2 aromatic rings. The van der Waals surface area contributed by atoms with Crippen molar-refractivity contribution in [3.05, 3.63) is 53.6 Å². The van der Waals surface area contributed by atoms with Crippen LogP contribution in [0.15, 0.2) is 42.5 Å². The molecule has 5 nitrogen and oxygen atoms in total. The smallest absolute Gasteiger partial charge is 0.339 e. The molecule has 21 heavy (non-hydrogen) atoms. The molecule has 0 aromatic heterocycles. The molecule has 0 atom stereocenters. The Morgan fingerprint density at radius 1 is 1.00 bits per heavy atom. The molecule has 0 aliphatic rings. The van der Waals surface area contributed by atoms with Crippen LogP contribution in [0.2, 0.25) is 0 Å². The first-order chi connectivity index (χ1) is 9.81. The highest BCUT2D eigenvalue weighted by Gasteiger charge is 2.26. The number of phenolic OH excluding ortho intramolecular Hbond substituents is 3. The number of phenols is 3. The van der Waals surface area contributed by atoms with Gasteiger partial charge in [-0.2, -0.15) is 0 Å². The maximum atomic E-state index is 12.1. The first kappa shape index (κ1) is 14.7. The molecule has 0 unspecified atom stereocenters. The zero-order chi connectivity index (χ0) is 15.6. The topological polar surface area (TPSA) is 87.0 Å². The van der Waals surface area contributed by atoms with Gasteiger partial charge in [0.2, 0.25) is 0 Å². The van der Waals surface area contributed by atoms with Crippen molar-refractivity contribution < 1.29 is 24.9 Å². The van der Waals surface area contributed by atoms with E-state index < -0.39 is 28.8 Å². The van der Waals surface area contributed by atoms with Gasteiger partial charge in [-0.1, -0.05) is 30.3 Å². The lowest BCUT2D eigenvalue weighted by molar-refractivity contribution is -0.00320. The summed E-state index contributed by atoms with van der Waals surface area (Å²) < 4.78 is 5.42. The van der Waals surface area contributed by atoms with E-state index >= 15 is 0 Å². The molecule has 0 saturated heterocycles. The molecule has 0 bridgehead atoms. The number of rotatable bonds is 3. The maximum absolute atomic E-state index is 12.1. The molecule has 5 heteroatoms. The molecule has 0 heterocycles. The maximum Gasteiger partial charge on any atom is 0.339 e. The van der Waals surface area contributed by atoms with E-state index in [2.05, 4.69) is 0 Å². The molecular formula is C16H16O5. The summed E-state index contributed by atoms with van der Waals surface area (Å²) in [6, 6.07) is 11.3. The van der Waals surface area contributed by atoms with Crippen molar-refractivity contribution in [2.45, 2.75) is 19.4 Å². The number of carbonyl (C=O) groups excluding carboxylic acids is 1. The summed E-state index contributed by atoms with van der Waals surface area (Å²) >= 11 is 0. The highest BCUT2D eigenvalue weighted by atomic mass is 16.6. The number of benzene rings is 2. The van der Waals surface area contributed by atoms with Crippen LogP contribution < -0.4 is 0 Å². The Morgan fingerprint density at radius 2 is 1.52 bits per heavy atom. The molecule has 0 fully saturated rings. The van der Waals surface area contributed by atoms with E-state index in [0.29, 0.717) is 0 Å². The molecule has 0 spiro atoms. The minimum atomic E-state index is -0.874. The summed E-state index contributed by atoms with van der Waals surface area (Å²) in [6.07, 6.45) is 0. The number of ether oxygens (including phenoxy) is 1.